The Kier molecular flexibility index (Phi) is 34.8. The molecule has 0 saturated carbocycles. The zero-order valence-electron chi connectivity index (χ0n) is 30.0. The van der Waals surface area contributed by atoms with Gasteiger partial charge in [0.15, 0.2) is 0 Å². The molecule has 3 atom stereocenters. The van der Waals surface area contributed by atoms with Crippen LogP contribution in [-0.2, 0) is 4.79 Å². The highest BCUT2D eigenvalue weighted by Gasteiger charge is 2.26. The number of allylic oxidation sites excluding steroid dienone is 4. The topological polar surface area (TPSA) is 89.8 Å². The Morgan fingerprint density at radius 2 is 0.956 bits per heavy atom. The minimum Gasteiger partial charge on any atom is -0.394 e. The minimum atomic E-state index is -1.16. The first kappa shape index (κ1) is 43.8. The van der Waals surface area contributed by atoms with E-state index in [-0.39, 0.29) is 12.5 Å². The van der Waals surface area contributed by atoms with Crippen LogP contribution in [0.4, 0.5) is 0 Å². The van der Waals surface area contributed by atoms with E-state index in [4.69, 9.17) is 0 Å². The van der Waals surface area contributed by atoms with Crippen molar-refractivity contribution in [2.24, 2.45) is 0 Å². The van der Waals surface area contributed by atoms with Gasteiger partial charge in [-0.25, -0.2) is 0 Å². The van der Waals surface area contributed by atoms with Gasteiger partial charge in [-0.2, -0.15) is 0 Å². The molecule has 1 amide bonds. The molecule has 0 aliphatic carbocycles. The molecule has 3 unspecified atom stereocenters. The van der Waals surface area contributed by atoms with Crippen LogP contribution in [0.2, 0.25) is 0 Å². The van der Waals surface area contributed by atoms with Crippen LogP contribution in [0.3, 0.4) is 0 Å². The summed E-state index contributed by atoms with van der Waals surface area (Å²) in [5, 5.41) is 33.2. The van der Waals surface area contributed by atoms with E-state index < -0.39 is 18.2 Å². The van der Waals surface area contributed by atoms with Crippen molar-refractivity contribution in [2.45, 2.75) is 218 Å². The van der Waals surface area contributed by atoms with Gasteiger partial charge in [-0.15, -0.1) is 0 Å². The van der Waals surface area contributed by atoms with E-state index in [0.717, 1.165) is 51.4 Å². The van der Waals surface area contributed by atoms with Crippen LogP contribution < -0.4 is 5.32 Å². The Morgan fingerprint density at radius 3 is 1.38 bits per heavy atom. The largest absolute Gasteiger partial charge is 0.394 e. The lowest BCUT2D eigenvalue weighted by Gasteiger charge is -2.26. The van der Waals surface area contributed by atoms with E-state index >= 15 is 0 Å². The van der Waals surface area contributed by atoms with E-state index in [2.05, 4.69) is 43.5 Å². The normalized spacial score (nSPS) is 14.0. The third-order valence-electron chi connectivity index (χ3n) is 9.05. The van der Waals surface area contributed by atoms with Gasteiger partial charge >= 0.3 is 0 Å². The zero-order chi connectivity index (χ0) is 33.1. The first-order valence-electron chi connectivity index (χ1n) is 19.6. The zero-order valence-corrected chi connectivity index (χ0v) is 30.0. The van der Waals surface area contributed by atoms with Crippen LogP contribution in [0.15, 0.2) is 24.3 Å². The second-order valence-corrected chi connectivity index (χ2v) is 13.4. The molecule has 4 N–H and O–H groups in total. The van der Waals surface area contributed by atoms with Crippen LogP contribution >= 0.6 is 0 Å². The van der Waals surface area contributed by atoms with E-state index in [1.165, 1.54) is 122 Å². The van der Waals surface area contributed by atoms with Gasteiger partial charge in [0.2, 0.25) is 5.91 Å². The van der Waals surface area contributed by atoms with Crippen molar-refractivity contribution in [1.82, 2.24) is 5.32 Å². The Hall–Kier alpha value is -1.17. The number of nitrogens with one attached hydrogen (secondary N) is 1. The molecule has 0 spiro atoms. The van der Waals surface area contributed by atoms with Crippen molar-refractivity contribution in [2.75, 3.05) is 6.61 Å². The fraction of sp³-hybridized carbons (Fsp3) is 0.875. The summed E-state index contributed by atoms with van der Waals surface area (Å²) in [6.07, 6.45) is 41.6. The molecule has 0 heterocycles. The molecule has 5 nitrogen and oxygen atoms in total. The smallest absolute Gasteiger partial charge is 0.220 e. The summed E-state index contributed by atoms with van der Waals surface area (Å²) in [4.78, 5) is 12.3. The Balaban J connectivity index is 3.58. The second kappa shape index (κ2) is 35.7. The van der Waals surface area contributed by atoms with Gasteiger partial charge in [0.25, 0.3) is 0 Å². The van der Waals surface area contributed by atoms with E-state index in [0.29, 0.717) is 12.8 Å². The molecule has 0 saturated heterocycles. The summed E-state index contributed by atoms with van der Waals surface area (Å²) in [5.41, 5.74) is 0. The average molecular weight is 636 g/mol. The van der Waals surface area contributed by atoms with Gasteiger partial charge in [-0.1, -0.05) is 173 Å². The number of hydrogen-bond acceptors (Lipinski definition) is 4. The summed E-state index contributed by atoms with van der Waals surface area (Å²) >= 11 is 0. The number of aliphatic hydroxyl groups is 3. The maximum absolute atomic E-state index is 12.3. The SMILES string of the molecule is CC/C=C/CC/C=C/CCCC(O)C(O)C(CO)NC(=O)CCCCCCCCCCCCCCCCCCCCCCCC. The fourth-order valence-electron chi connectivity index (χ4n) is 6.01. The minimum absolute atomic E-state index is 0.159. The van der Waals surface area contributed by atoms with Crippen molar-refractivity contribution in [3.8, 4) is 0 Å². The van der Waals surface area contributed by atoms with E-state index in [9.17, 15) is 20.1 Å². The highest BCUT2D eigenvalue weighted by Crippen LogP contribution is 2.16. The molecule has 0 fully saturated rings. The first-order valence-corrected chi connectivity index (χ1v) is 19.6. The molecule has 266 valence electrons. The molecule has 0 aliphatic heterocycles. The lowest BCUT2D eigenvalue weighted by Crippen LogP contribution is -2.50. The van der Waals surface area contributed by atoms with Gasteiger partial charge in [0, 0.05) is 6.42 Å². The molecular formula is C40H77NO4. The van der Waals surface area contributed by atoms with Gasteiger partial charge in [0.1, 0.15) is 6.10 Å². The van der Waals surface area contributed by atoms with Gasteiger partial charge < -0.3 is 20.6 Å². The molecule has 0 bridgehead atoms. The number of amides is 1. The number of hydrogen-bond donors (Lipinski definition) is 4. The summed E-state index contributed by atoms with van der Waals surface area (Å²) in [7, 11) is 0. The van der Waals surface area contributed by atoms with E-state index in [1.54, 1.807) is 0 Å². The number of carbonyl (C=O) groups is 1. The quantitative estimate of drug-likeness (QED) is 0.0412. The third-order valence-corrected chi connectivity index (χ3v) is 9.05. The fourth-order valence-corrected chi connectivity index (χ4v) is 6.01. The van der Waals surface area contributed by atoms with Crippen LogP contribution in [0, 0.1) is 0 Å². The van der Waals surface area contributed by atoms with Gasteiger partial charge in [-0.05, 0) is 44.9 Å². The molecule has 0 aromatic carbocycles. The maximum Gasteiger partial charge on any atom is 0.220 e. The molecule has 0 rings (SSSR count). The Morgan fingerprint density at radius 1 is 0.556 bits per heavy atom. The van der Waals surface area contributed by atoms with Gasteiger partial charge in [0.05, 0.1) is 18.8 Å². The standard InChI is InChI=1S/C40H77NO4/c1-3-5-7-9-11-13-14-15-16-17-18-19-20-21-22-23-24-25-27-29-31-33-35-39(44)41-37(36-42)40(45)38(43)34-32-30-28-26-12-10-8-6-4-2/h6,8,26,28,37-38,40,42-43,45H,3-5,7,9-25,27,29-36H2,1-2H3,(H,41,44)/b8-6+,28-26+. The number of carbonyl (C=O) groups excluding carboxylic acids is 1. The predicted molar refractivity (Wildman–Crippen MR) is 195 cm³/mol. The molecule has 0 aromatic heterocycles. The summed E-state index contributed by atoms with van der Waals surface area (Å²) in [6, 6.07) is -0.826. The molecule has 0 aromatic rings. The summed E-state index contributed by atoms with van der Waals surface area (Å²) < 4.78 is 0. The number of aliphatic hydroxyl groups excluding tert-OH is 3. The predicted octanol–water partition coefficient (Wildman–Crippen LogP) is 10.7. The molecule has 5 heteroatoms. The number of rotatable bonds is 35. The van der Waals surface area contributed by atoms with Crippen molar-refractivity contribution in [3.63, 3.8) is 0 Å². The third kappa shape index (κ3) is 31.2. The van der Waals surface area contributed by atoms with Crippen molar-refractivity contribution in [3.05, 3.63) is 24.3 Å². The lowest BCUT2D eigenvalue weighted by molar-refractivity contribution is -0.124. The Labute approximate surface area is 280 Å². The maximum atomic E-state index is 12.3. The van der Waals surface area contributed by atoms with Crippen LogP contribution in [0.25, 0.3) is 0 Å². The molecular weight excluding hydrogens is 558 g/mol. The average Bonchev–Trinajstić information content (AvgIpc) is 3.04. The van der Waals surface area contributed by atoms with Crippen LogP contribution in [-0.4, -0.2) is 46.1 Å². The van der Waals surface area contributed by atoms with Crippen LogP contribution in [0.5, 0.6) is 0 Å². The first-order chi connectivity index (χ1) is 22.1. The molecule has 0 aliphatic rings. The summed E-state index contributed by atoms with van der Waals surface area (Å²) in [5.74, 6) is -0.159. The highest BCUT2D eigenvalue weighted by molar-refractivity contribution is 5.76. The Bertz CT molecular complexity index is 665. The number of unbranched alkanes of at least 4 members (excludes halogenated alkanes) is 23. The molecule has 0 radical (unpaired) electrons. The monoisotopic (exact) mass is 636 g/mol. The lowest BCUT2D eigenvalue weighted by atomic mass is 10.0. The summed E-state index contributed by atoms with van der Waals surface area (Å²) in [6.45, 7) is 4.03. The van der Waals surface area contributed by atoms with Crippen LogP contribution in [0.1, 0.15) is 200 Å². The van der Waals surface area contributed by atoms with Crippen molar-refractivity contribution in [1.29, 1.82) is 0 Å². The van der Waals surface area contributed by atoms with E-state index in [1.807, 2.05) is 0 Å². The van der Waals surface area contributed by atoms with Crippen molar-refractivity contribution >= 4 is 5.91 Å². The van der Waals surface area contributed by atoms with Gasteiger partial charge in [-0.3, -0.25) is 4.79 Å². The second-order valence-electron chi connectivity index (χ2n) is 13.4. The highest BCUT2D eigenvalue weighted by atomic mass is 16.3. The van der Waals surface area contributed by atoms with Crippen molar-refractivity contribution < 1.29 is 20.1 Å². The molecule has 45 heavy (non-hydrogen) atoms.